The minimum Gasteiger partial charge on any atom is -0.458 e. The lowest BCUT2D eigenvalue weighted by Crippen LogP contribution is -2.55. The van der Waals surface area contributed by atoms with E-state index < -0.39 is 83.4 Å². The van der Waals surface area contributed by atoms with Gasteiger partial charge in [-0.3, -0.25) is 33.6 Å². The number of aliphatic hydroxyl groups is 4. The van der Waals surface area contributed by atoms with Crippen LogP contribution >= 0.6 is 0 Å². The highest BCUT2D eigenvalue weighted by molar-refractivity contribution is 5.95. The lowest BCUT2D eigenvalue weighted by Gasteiger charge is -2.24. The van der Waals surface area contributed by atoms with Crippen LogP contribution in [0.4, 0.5) is 4.39 Å². The number of nitrogens with one attached hydrogen (secondary N) is 4. The molecular weight excluding hydrogens is 944 g/mol. The van der Waals surface area contributed by atoms with Crippen LogP contribution in [0.25, 0.3) is 22.3 Å². The molecule has 0 saturated carbocycles. The molecule has 8 N–H and O–H groups in total. The molecule has 1 aromatic carbocycles. The topological polar surface area (TPSA) is 308 Å². The number of hydrogen-bond acceptors (Lipinski definition) is 15. The van der Waals surface area contributed by atoms with Crippen LogP contribution in [-0.2, 0) is 62.6 Å². The number of fused-ring (bicyclic) bond motifs is 5. The van der Waals surface area contributed by atoms with Gasteiger partial charge < -0.3 is 65.5 Å². The van der Waals surface area contributed by atoms with Crippen molar-refractivity contribution >= 4 is 52.3 Å². The Balaban J connectivity index is 0.970. The van der Waals surface area contributed by atoms with Crippen molar-refractivity contribution in [2.45, 2.75) is 128 Å². The monoisotopic (exact) mass is 1010 g/mol. The molecule has 0 spiro atoms. The molecule has 0 saturated heterocycles. The number of carbonyl (C=O) groups is 7. The Hall–Kier alpha value is -6.66. The number of aromatic nitrogens is 2. The summed E-state index contributed by atoms with van der Waals surface area (Å²) in [6.07, 6.45) is 1.27. The minimum absolute atomic E-state index is 0.153. The van der Waals surface area contributed by atoms with E-state index in [1.54, 1.807) is 26.1 Å². The summed E-state index contributed by atoms with van der Waals surface area (Å²) < 4.78 is 27.0. The van der Waals surface area contributed by atoms with Gasteiger partial charge in [0.25, 0.3) is 5.56 Å². The van der Waals surface area contributed by atoms with Crippen molar-refractivity contribution in [3.05, 3.63) is 74.3 Å². The van der Waals surface area contributed by atoms with Crippen molar-refractivity contribution in [2.75, 3.05) is 40.1 Å². The zero-order chi connectivity index (χ0) is 52.4. The number of hydrogen-bond donors (Lipinski definition) is 8. The number of pyridine rings is 2. The molecular formula is C49H63FN8O14. The highest BCUT2D eigenvalue weighted by Gasteiger charge is 2.35. The fraction of sp³-hybridized carbons (Fsp3) is 0.531. The molecule has 6 amide bonds. The van der Waals surface area contributed by atoms with E-state index in [1.165, 1.54) is 41.5 Å². The van der Waals surface area contributed by atoms with E-state index in [-0.39, 0.29) is 75.9 Å². The Labute approximate surface area is 413 Å². The largest absolute Gasteiger partial charge is 0.458 e. The lowest BCUT2D eigenvalue weighted by atomic mass is 9.94. The van der Waals surface area contributed by atoms with Gasteiger partial charge in [0.15, 0.2) is 6.10 Å². The number of halogens is 1. The average Bonchev–Trinajstić information content (AvgIpc) is 3.88. The third-order valence-corrected chi connectivity index (χ3v) is 13.0. The zero-order valence-electron chi connectivity index (χ0n) is 40.7. The van der Waals surface area contributed by atoms with Crippen molar-refractivity contribution in [3.63, 3.8) is 0 Å². The summed E-state index contributed by atoms with van der Waals surface area (Å²) in [6, 6.07) is 1.08. The number of unbranched alkanes of at least 4 members (excludes halogenated alkanes) is 2. The third kappa shape index (κ3) is 13.2. The molecule has 6 atom stereocenters. The van der Waals surface area contributed by atoms with Crippen molar-refractivity contribution in [3.8, 4) is 11.4 Å². The molecule has 0 radical (unpaired) electrons. The summed E-state index contributed by atoms with van der Waals surface area (Å²) in [5.41, 5.74) is 3.21. The maximum Gasteiger partial charge on any atom is 0.340 e. The number of ether oxygens (including phenoxy) is 2. The van der Waals surface area contributed by atoms with Crippen molar-refractivity contribution in [1.82, 2.24) is 40.6 Å². The van der Waals surface area contributed by atoms with E-state index in [0.29, 0.717) is 67.5 Å². The molecule has 22 nitrogen and oxygen atoms in total. The Kier molecular flexibility index (Phi) is 18.7. The summed E-state index contributed by atoms with van der Waals surface area (Å²) in [4.78, 5) is 110. The standard InChI is InChI=1S/C49H63FN8O14/c1-26-19-31-30(33-22-58-38(43(33)55-37(31)21-35(26)50)20-32-34(48(58)69)24-72-49(70)44(32)65)10-6-8-18-71-25-51-45(66)27(2)52-46(67)28(3)53-47(68)36(54-39(61)15-17-57-41(63)13-14-42(57)64)11-12-40(62)56(4)16-7-5-9-29(60)23-59/h13-14,19-21,27-29,36,41,44,59-60,63,65H,5-12,15-18,22-25H2,1-4H3,(H,51,66)(H,52,67)(H,53,68)(H,54,61)/t27-,28-,29-,36-,41?,44-/m0/s1. The minimum atomic E-state index is -1.62. The predicted octanol–water partition coefficient (Wildman–Crippen LogP) is -0.261. The van der Waals surface area contributed by atoms with Gasteiger partial charge in [-0.1, -0.05) is 0 Å². The fourth-order valence-corrected chi connectivity index (χ4v) is 8.66. The van der Waals surface area contributed by atoms with Crippen LogP contribution in [0, 0.1) is 12.7 Å². The number of benzene rings is 1. The first kappa shape index (κ1) is 54.7. The fourth-order valence-electron chi connectivity index (χ4n) is 8.66. The summed E-state index contributed by atoms with van der Waals surface area (Å²) >= 11 is 0. The maximum atomic E-state index is 14.8. The molecule has 72 heavy (non-hydrogen) atoms. The lowest BCUT2D eigenvalue weighted by molar-refractivity contribution is -0.157. The molecule has 0 fully saturated rings. The SMILES string of the molecule is Cc1cc2c(CCCCOCNC(=O)[C@H](C)NC(=O)[C@H](C)NC(=O)[C@H](CCC(=O)N(C)CCCC[C@H](O)CO)NC(=O)CCN3C(=O)C=CC3O)c3c(nc2cc1F)-c1cc2c(c(=O)n1C3)COC(=O)[C@H]2O. The van der Waals surface area contributed by atoms with Crippen LogP contribution in [0.3, 0.4) is 0 Å². The number of rotatable bonds is 25. The van der Waals surface area contributed by atoms with Crippen LogP contribution in [0.2, 0.25) is 0 Å². The van der Waals surface area contributed by atoms with E-state index in [4.69, 9.17) is 19.6 Å². The Morgan fingerprint density at radius 2 is 1.68 bits per heavy atom. The normalized spacial score (nSPS) is 17.3. The Morgan fingerprint density at radius 1 is 0.944 bits per heavy atom. The zero-order valence-corrected chi connectivity index (χ0v) is 40.7. The van der Waals surface area contributed by atoms with E-state index in [0.717, 1.165) is 21.4 Å². The Morgan fingerprint density at radius 3 is 2.40 bits per heavy atom. The van der Waals surface area contributed by atoms with Gasteiger partial charge in [-0.05, 0) is 95.1 Å². The molecule has 2 aromatic heterocycles. The van der Waals surface area contributed by atoms with Crippen molar-refractivity contribution < 1.29 is 67.9 Å². The van der Waals surface area contributed by atoms with Gasteiger partial charge in [-0.25, -0.2) is 14.2 Å². The number of nitrogens with zero attached hydrogens (tertiary/aromatic N) is 4. The molecule has 0 bridgehead atoms. The highest BCUT2D eigenvalue weighted by Crippen LogP contribution is 2.39. The molecule has 3 aromatic rings. The van der Waals surface area contributed by atoms with E-state index in [2.05, 4.69) is 21.3 Å². The first-order valence-corrected chi connectivity index (χ1v) is 24.0. The molecule has 5 heterocycles. The summed E-state index contributed by atoms with van der Waals surface area (Å²) in [6.45, 7) is 4.23. The number of carbonyl (C=O) groups excluding carboxylic acids is 7. The molecule has 1 unspecified atom stereocenters. The van der Waals surface area contributed by atoms with E-state index >= 15 is 0 Å². The number of cyclic esters (lactones) is 1. The molecule has 3 aliphatic rings. The summed E-state index contributed by atoms with van der Waals surface area (Å²) in [5.74, 6) is -4.89. The van der Waals surface area contributed by atoms with E-state index in [1.807, 2.05) is 0 Å². The van der Waals surface area contributed by atoms with Gasteiger partial charge >= 0.3 is 5.97 Å². The number of amides is 6. The van der Waals surface area contributed by atoms with Crippen LogP contribution in [-0.4, -0.2) is 152 Å². The van der Waals surface area contributed by atoms with Crippen LogP contribution in [0.1, 0.15) is 99.1 Å². The second-order valence-electron chi connectivity index (χ2n) is 18.3. The highest BCUT2D eigenvalue weighted by atomic mass is 19.1. The van der Waals surface area contributed by atoms with Gasteiger partial charge in [0.2, 0.25) is 35.4 Å². The van der Waals surface area contributed by atoms with Crippen molar-refractivity contribution in [2.24, 2.45) is 0 Å². The number of esters is 1. The van der Waals surface area contributed by atoms with Gasteiger partial charge in [0.1, 0.15) is 43.5 Å². The molecule has 6 rings (SSSR count). The first-order valence-electron chi connectivity index (χ1n) is 24.0. The van der Waals surface area contributed by atoms with Gasteiger partial charge in [0.05, 0.1) is 41.7 Å². The maximum absolute atomic E-state index is 14.8. The predicted molar refractivity (Wildman–Crippen MR) is 254 cm³/mol. The van der Waals surface area contributed by atoms with Gasteiger partial charge in [-0.15, -0.1) is 0 Å². The summed E-state index contributed by atoms with van der Waals surface area (Å²) in [5, 5.41) is 50.0. The first-order chi connectivity index (χ1) is 34.3. The van der Waals surface area contributed by atoms with Crippen LogP contribution in [0.5, 0.6) is 0 Å². The van der Waals surface area contributed by atoms with Gasteiger partial charge in [0, 0.05) is 68.2 Å². The smallest absolute Gasteiger partial charge is 0.340 e. The number of aliphatic hydroxyl groups excluding tert-OH is 4. The second kappa shape index (κ2) is 24.6. The van der Waals surface area contributed by atoms with Crippen molar-refractivity contribution in [1.29, 1.82) is 0 Å². The third-order valence-electron chi connectivity index (χ3n) is 13.0. The molecule has 3 aliphatic heterocycles. The number of aryl methyl sites for hydroxylation is 2. The second-order valence-corrected chi connectivity index (χ2v) is 18.3. The molecule has 23 heteroatoms. The van der Waals surface area contributed by atoms with Gasteiger partial charge in [-0.2, -0.15) is 0 Å². The summed E-state index contributed by atoms with van der Waals surface area (Å²) in [7, 11) is 1.57. The quantitative estimate of drug-likeness (QED) is 0.0241. The molecule has 390 valence electrons. The average molecular weight is 1010 g/mol. The Bertz CT molecular complexity index is 2660. The molecule has 0 aliphatic carbocycles. The van der Waals surface area contributed by atoms with E-state index in [9.17, 15) is 58.1 Å². The van der Waals surface area contributed by atoms with Crippen LogP contribution in [0.15, 0.2) is 35.1 Å². The van der Waals surface area contributed by atoms with Crippen LogP contribution < -0.4 is 26.8 Å².